The van der Waals surface area contributed by atoms with Gasteiger partial charge in [0, 0.05) is 6.42 Å². The molecule has 0 aromatic carbocycles. The van der Waals surface area contributed by atoms with Crippen molar-refractivity contribution in [2.45, 2.75) is 12.7 Å². The molecule has 11 heavy (non-hydrogen) atoms. The van der Waals surface area contributed by atoms with E-state index in [2.05, 4.69) is 4.98 Å². The van der Waals surface area contributed by atoms with Crippen LogP contribution in [0.4, 0.5) is 0 Å². The molecule has 6 nitrogen and oxygen atoms in total. The SMILES string of the molecule is O=c1[nH]c(O)c(CC(O)O)[nH]1. The lowest BCUT2D eigenvalue weighted by atomic mass is 10.3. The molecule has 0 aliphatic carbocycles. The third-order valence-electron chi connectivity index (χ3n) is 1.17. The third kappa shape index (κ3) is 1.82. The van der Waals surface area contributed by atoms with Crippen LogP contribution in [0.25, 0.3) is 0 Å². The molecule has 0 aliphatic heterocycles. The number of H-pyrrole nitrogens is 2. The predicted octanol–water partition coefficient (Wildman–Crippen LogP) is -1.74. The summed E-state index contributed by atoms with van der Waals surface area (Å²) in [6.07, 6.45) is -1.78. The summed E-state index contributed by atoms with van der Waals surface area (Å²) in [5, 5.41) is 25.8. The molecule has 1 aromatic heterocycles. The molecular formula is C5H8N2O4. The van der Waals surface area contributed by atoms with E-state index in [0.29, 0.717) is 0 Å². The van der Waals surface area contributed by atoms with Crippen LogP contribution in [0.5, 0.6) is 5.88 Å². The lowest BCUT2D eigenvalue weighted by Gasteiger charge is -1.99. The Kier molecular flexibility index (Phi) is 1.97. The van der Waals surface area contributed by atoms with E-state index in [4.69, 9.17) is 15.3 Å². The molecular weight excluding hydrogens is 152 g/mol. The summed E-state index contributed by atoms with van der Waals surface area (Å²) in [5.74, 6) is -0.358. The summed E-state index contributed by atoms with van der Waals surface area (Å²) in [6, 6.07) is 0. The molecule has 0 bridgehead atoms. The van der Waals surface area contributed by atoms with Crippen LogP contribution in [0.3, 0.4) is 0 Å². The topological polar surface area (TPSA) is 109 Å². The Morgan fingerprint density at radius 3 is 2.36 bits per heavy atom. The Morgan fingerprint density at radius 1 is 1.36 bits per heavy atom. The second kappa shape index (κ2) is 2.77. The van der Waals surface area contributed by atoms with Crippen molar-refractivity contribution in [3.63, 3.8) is 0 Å². The highest BCUT2D eigenvalue weighted by atomic mass is 16.5. The summed E-state index contributed by atoms with van der Waals surface area (Å²) in [7, 11) is 0. The van der Waals surface area contributed by atoms with Crippen molar-refractivity contribution in [1.82, 2.24) is 9.97 Å². The average Bonchev–Trinajstić information content (AvgIpc) is 2.09. The van der Waals surface area contributed by atoms with Crippen molar-refractivity contribution < 1.29 is 15.3 Å². The summed E-state index contributed by atoms with van der Waals surface area (Å²) in [4.78, 5) is 14.7. The molecule has 1 heterocycles. The minimum absolute atomic E-state index is 0.0880. The van der Waals surface area contributed by atoms with E-state index in [-0.39, 0.29) is 18.0 Å². The fourth-order valence-electron chi connectivity index (χ4n) is 0.741. The van der Waals surface area contributed by atoms with Crippen LogP contribution in [-0.2, 0) is 6.42 Å². The first kappa shape index (κ1) is 7.83. The Hall–Kier alpha value is -1.27. The van der Waals surface area contributed by atoms with Gasteiger partial charge in [-0.25, -0.2) is 4.79 Å². The minimum atomic E-state index is -1.58. The molecule has 0 saturated heterocycles. The lowest BCUT2D eigenvalue weighted by Crippen LogP contribution is -2.10. The number of nitrogens with one attached hydrogen (secondary N) is 2. The smallest absolute Gasteiger partial charge is 0.325 e. The number of aromatic amines is 2. The van der Waals surface area contributed by atoms with E-state index in [1.165, 1.54) is 0 Å². The first-order valence-corrected chi connectivity index (χ1v) is 2.96. The summed E-state index contributed by atoms with van der Waals surface area (Å²) in [6.45, 7) is 0. The molecule has 0 radical (unpaired) electrons. The molecule has 0 saturated carbocycles. The van der Waals surface area contributed by atoms with Gasteiger partial charge in [-0.1, -0.05) is 0 Å². The molecule has 0 atom stereocenters. The van der Waals surface area contributed by atoms with E-state index in [1.54, 1.807) is 0 Å². The van der Waals surface area contributed by atoms with Crippen molar-refractivity contribution in [1.29, 1.82) is 0 Å². The second-order valence-corrected chi connectivity index (χ2v) is 2.09. The average molecular weight is 160 g/mol. The van der Waals surface area contributed by atoms with Crippen molar-refractivity contribution in [3.05, 3.63) is 16.2 Å². The number of aromatic hydroxyl groups is 1. The largest absolute Gasteiger partial charge is 0.493 e. The predicted molar refractivity (Wildman–Crippen MR) is 35.0 cm³/mol. The number of aromatic nitrogens is 2. The molecule has 0 fully saturated rings. The number of hydrogen-bond acceptors (Lipinski definition) is 4. The summed E-state index contributed by atoms with van der Waals surface area (Å²) < 4.78 is 0. The maximum atomic E-state index is 10.5. The van der Waals surface area contributed by atoms with Gasteiger partial charge in [0.05, 0.1) is 5.69 Å². The molecule has 1 rings (SSSR count). The maximum absolute atomic E-state index is 10.5. The number of rotatable bonds is 2. The molecule has 0 aliphatic rings. The maximum Gasteiger partial charge on any atom is 0.325 e. The van der Waals surface area contributed by atoms with Crippen LogP contribution in [0, 0.1) is 0 Å². The Balaban J connectivity index is 2.86. The molecule has 0 amide bonds. The second-order valence-electron chi connectivity index (χ2n) is 2.09. The van der Waals surface area contributed by atoms with Gasteiger partial charge in [0.1, 0.15) is 0 Å². The molecule has 5 N–H and O–H groups in total. The van der Waals surface area contributed by atoms with Crippen molar-refractivity contribution in [3.8, 4) is 5.88 Å². The fourth-order valence-corrected chi connectivity index (χ4v) is 0.741. The van der Waals surface area contributed by atoms with Crippen molar-refractivity contribution >= 4 is 0 Å². The van der Waals surface area contributed by atoms with Gasteiger partial charge >= 0.3 is 5.69 Å². The van der Waals surface area contributed by atoms with E-state index in [0.717, 1.165) is 0 Å². The summed E-state index contributed by atoms with van der Waals surface area (Å²) in [5.41, 5.74) is -0.483. The van der Waals surface area contributed by atoms with Crippen LogP contribution in [0.2, 0.25) is 0 Å². The monoisotopic (exact) mass is 160 g/mol. The number of aliphatic hydroxyl groups excluding tert-OH is 1. The molecule has 6 heteroatoms. The van der Waals surface area contributed by atoms with Gasteiger partial charge in [0.2, 0.25) is 5.88 Å². The van der Waals surface area contributed by atoms with Gasteiger partial charge in [-0.05, 0) is 0 Å². The van der Waals surface area contributed by atoms with Crippen LogP contribution in [0.1, 0.15) is 5.69 Å². The lowest BCUT2D eigenvalue weighted by molar-refractivity contribution is -0.0391. The van der Waals surface area contributed by atoms with Gasteiger partial charge < -0.3 is 20.3 Å². The zero-order valence-electron chi connectivity index (χ0n) is 5.53. The fraction of sp³-hybridized carbons (Fsp3) is 0.400. The van der Waals surface area contributed by atoms with E-state index in [9.17, 15) is 4.79 Å². The van der Waals surface area contributed by atoms with Crippen LogP contribution in [-0.4, -0.2) is 31.6 Å². The van der Waals surface area contributed by atoms with Crippen LogP contribution < -0.4 is 5.69 Å². The Morgan fingerprint density at radius 2 is 2.00 bits per heavy atom. The number of aliphatic hydroxyl groups is 2. The van der Waals surface area contributed by atoms with Gasteiger partial charge in [-0.2, -0.15) is 0 Å². The molecule has 0 spiro atoms. The standard InChI is InChI=1S/C5H8N2O4/c8-3(9)1-2-4(10)7-5(11)6-2/h3,8-10H,1H2,(H2,6,7,11). The molecule has 1 aromatic rings. The van der Waals surface area contributed by atoms with E-state index >= 15 is 0 Å². The first-order chi connectivity index (χ1) is 5.09. The minimum Gasteiger partial charge on any atom is -0.493 e. The summed E-state index contributed by atoms with van der Waals surface area (Å²) >= 11 is 0. The van der Waals surface area contributed by atoms with Gasteiger partial charge in [-0.15, -0.1) is 0 Å². The number of hydrogen-bond donors (Lipinski definition) is 5. The normalized spacial score (nSPS) is 10.8. The highest BCUT2D eigenvalue weighted by molar-refractivity contribution is 5.15. The highest BCUT2D eigenvalue weighted by Gasteiger charge is 2.08. The van der Waals surface area contributed by atoms with Crippen molar-refractivity contribution in [2.75, 3.05) is 0 Å². The van der Waals surface area contributed by atoms with E-state index < -0.39 is 12.0 Å². The zero-order valence-corrected chi connectivity index (χ0v) is 5.53. The molecule has 0 unspecified atom stereocenters. The van der Waals surface area contributed by atoms with Crippen LogP contribution in [0.15, 0.2) is 4.79 Å². The highest BCUT2D eigenvalue weighted by Crippen LogP contribution is 2.08. The quantitative estimate of drug-likeness (QED) is 0.331. The first-order valence-electron chi connectivity index (χ1n) is 2.96. The number of imidazole rings is 1. The van der Waals surface area contributed by atoms with Gasteiger partial charge in [-0.3, -0.25) is 4.98 Å². The van der Waals surface area contributed by atoms with Crippen molar-refractivity contribution in [2.24, 2.45) is 0 Å². The third-order valence-corrected chi connectivity index (χ3v) is 1.17. The molecule has 62 valence electrons. The Bertz CT molecular complexity index is 287. The Labute approximate surface area is 61.1 Å². The van der Waals surface area contributed by atoms with E-state index in [1.807, 2.05) is 4.98 Å². The van der Waals surface area contributed by atoms with Gasteiger partial charge in [0.25, 0.3) is 0 Å². The van der Waals surface area contributed by atoms with Crippen LogP contribution >= 0.6 is 0 Å². The zero-order chi connectivity index (χ0) is 8.43. The van der Waals surface area contributed by atoms with Gasteiger partial charge in [0.15, 0.2) is 6.29 Å².